The quantitative estimate of drug-likeness (QED) is 0.499. The van der Waals surface area contributed by atoms with Gasteiger partial charge in [-0.1, -0.05) is 46.3 Å². The summed E-state index contributed by atoms with van der Waals surface area (Å²) >= 11 is 0. The van der Waals surface area contributed by atoms with E-state index in [0.717, 1.165) is 11.8 Å². The lowest BCUT2D eigenvalue weighted by Gasteiger charge is -2.37. The minimum absolute atomic E-state index is 0.381. The Labute approximate surface area is 95.1 Å². The fraction of sp³-hybridized carbons (Fsp3) is 0.867. The van der Waals surface area contributed by atoms with Crippen LogP contribution in [0.3, 0.4) is 0 Å². The van der Waals surface area contributed by atoms with E-state index in [4.69, 9.17) is 0 Å². The predicted octanol–water partition coefficient (Wildman–Crippen LogP) is 4.81. The molecule has 0 N–H and O–H groups in total. The van der Waals surface area contributed by atoms with Gasteiger partial charge in [-0.25, -0.2) is 0 Å². The molecule has 0 aromatic rings. The molecule has 0 radical (unpaired) electrons. The van der Waals surface area contributed by atoms with E-state index in [0.29, 0.717) is 10.8 Å². The third-order valence-corrected chi connectivity index (χ3v) is 5.62. The molecular formula is C15H26. The van der Waals surface area contributed by atoms with E-state index >= 15 is 0 Å². The maximum atomic E-state index is 4.45. The minimum Gasteiger partial charge on any atom is -0.0990 e. The second kappa shape index (κ2) is 3.37. The van der Waals surface area contributed by atoms with Crippen molar-refractivity contribution in [1.82, 2.24) is 0 Å². The molecule has 2 fully saturated rings. The fourth-order valence-electron chi connectivity index (χ4n) is 3.96. The predicted molar refractivity (Wildman–Crippen MR) is 66.8 cm³/mol. The summed E-state index contributed by atoms with van der Waals surface area (Å²) in [6.45, 7) is 14.2. The first-order chi connectivity index (χ1) is 6.88. The van der Waals surface area contributed by atoms with Gasteiger partial charge in [0.1, 0.15) is 0 Å². The zero-order chi connectivity index (χ0) is 11.3. The summed E-state index contributed by atoms with van der Waals surface area (Å²) < 4.78 is 0. The van der Waals surface area contributed by atoms with Crippen molar-refractivity contribution in [2.75, 3.05) is 0 Å². The van der Waals surface area contributed by atoms with Gasteiger partial charge in [0, 0.05) is 0 Å². The molecule has 0 aromatic heterocycles. The van der Waals surface area contributed by atoms with Crippen LogP contribution in [0.5, 0.6) is 0 Å². The van der Waals surface area contributed by atoms with Gasteiger partial charge in [0.25, 0.3) is 0 Å². The first-order valence-electron chi connectivity index (χ1n) is 6.57. The van der Waals surface area contributed by atoms with Crippen LogP contribution in [0.1, 0.15) is 59.8 Å². The first-order valence-corrected chi connectivity index (χ1v) is 6.57. The van der Waals surface area contributed by atoms with Crippen LogP contribution >= 0.6 is 0 Å². The number of fused-ring (bicyclic) bond motifs is 1. The zero-order valence-electron chi connectivity index (χ0n) is 10.9. The van der Waals surface area contributed by atoms with Crippen molar-refractivity contribution in [1.29, 1.82) is 0 Å². The molecule has 3 unspecified atom stereocenters. The molecular weight excluding hydrogens is 180 g/mol. The molecule has 0 aliphatic heterocycles. The Kier molecular flexibility index (Phi) is 2.52. The van der Waals surface area contributed by atoms with Gasteiger partial charge in [-0.3, -0.25) is 0 Å². The molecule has 0 heteroatoms. The van der Waals surface area contributed by atoms with Crippen LogP contribution in [0, 0.1) is 22.7 Å². The maximum absolute atomic E-state index is 4.45. The Balaban J connectivity index is 2.34. The van der Waals surface area contributed by atoms with Crippen LogP contribution < -0.4 is 0 Å². The Morgan fingerprint density at radius 1 is 1.13 bits per heavy atom. The molecule has 0 aromatic carbocycles. The summed E-state index contributed by atoms with van der Waals surface area (Å²) in [5.41, 5.74) is 2.49. The second-order valence-corrected chi connectivity index (χ2v) is 6.80. The van der Waals surface area contributed by atoms with Gasteiger partial charge in [0.2, 0.25) is 0 Å². The third-order valence-electron chi connectivity index (χ3n) is 5.62. The smallest absolute Gasteiger partial charge is 0.0144 e. The molecule has 15 heavy (non-hydrogen) atoms. The third kappa shape index (κ3) is 1.57. The monoisotopic (exact) mass is 206 g/mol. The van der Waals surface area contributed by atoms with E-state index in [1.807, 2.05) is 0 Å². The molecule has 0 saturated heterocycles. The van der Waals surface area contributed by atoms with Gasteiger partial charge in [0.05, 0.1) is 0 Å². The van der Waals surface area contributed by atoms with E-state index < -0.39 is 0 Å². The highest BCUT2D eigenvalue weighted by Crippen LogP contribution is 2.59. The lowest BCUT2D eigenvalue weighted by atomic mass is 9.67. The van der Waals surface area contributed by atoms with E-state index in [-0.39, 0.29) is 0 Å². The van der Waals surface area contributed by atoms with Gasteiger partial charge in [0.15, 0.2) is 0 Å². The summed E-state index contributed by atoms with van der Waals surface area (Å²) in [4.78, 5) is 0. The Morgan fingerprint density at radius 3 is 2.47 bits per heavy atom. The second-order valence-electron chi connectivity index (χ2n) is 6.80. The van der Waals surface area contributed by atoms with E-state index in [1.165, 1.54) is 32.1 Å². The van der Waals surface area contributed by atoms with Gasteiger partial charge < -0.3 is 0 Å². The van der Waals surface area contributed by atoms with Crippen LogP contribution in [0.15, 0.2) is 12.2 Å². The van der Waals surface area contributed by atoms with Gasteiger partial charge in [-0.2, -0.15) is 0 Å². The molecule has 0 amide bonds. The van der Waals surface area contributed by atoms with Gasteiger partial charge in [-0.15, -0.1) is 0 Å². The van der Waals surface area contributed by atoms with E-state index in [9.17, 15) is 0 Å². The Hall–Kier alpha value is -0.260. The van der Waals surface area contributed by atoms with Crippen molar-refractivity contribution in [3.63, 3.8) is 0 Å². The minimum atomic E-state index is 0.381. The van der Waals surface area contributed by atoms with Crippen molar-refractivity contribution in [3.8, 4) is 0 Å². The number of hydrogen-bond donors (Lipinski definition) is 0. The summed E-state index contributed by atoms with van der Waals surface area (Å²) in [6.07, 6.45) is 6.95. The maximum Gasteiger partial charge on any atom is -0.0144 e. The highest BCUT2D eigenvalue weighted by molar-refractivity contribution is 5.19. The van der Waals surface area contributed by atoms with Crippen molar-refractivity contribution >= 4 is 0 Å². The average Bonchev–Trinajstić information content (AvgIpc) is 2.38. The zero-order valence-corrected chi connectivity index (χ0v) is 10.9. The summed E-state index contributed by atoms with van der Waals surface area (Å²) in [5, 5.41) is 0. The lowest BCUT2D eigenvalue weighted by Crippen LogP contribution is -2.29. The average molecular weight is 206 g/mol. The molecule has 86 valence electrons. The highest BCUT2D eigenvalue weighted by Gasteiger charge is 2.49. The Morgan fingerprint density at radius 2 is 1.80 bits per heavy atom. The molecule has 2 aliphatic carbocycles. The van der Waals surface area contributed by atoms with Crippen LogP contribution in [0.25, 0.3) is 0 Å². The fourth-order valence-corrected chi connectivity index (χ4v) is 3.96. The number of rotatable bonds is 0. The summed E-state index contributed by atoms with van der Waals surface area (Å²) in [5.74, 6) is 1.69. The summed E-state index contributed by atoms with van der Waals surface area (Å²) in [6, 6.07) is 0. The topological polar surface area (TPSA) is 0 Å². The molecule has 3 atom stereocenters. The highest BCUT2D eigenvalue weighted by atomic mass is 14.5. The van der Waals surface area contributed by atoms with Crippen molar-refractivity contribution < 1.29 is 0 Å². The molecule has 0 heterocycles. The largest absolute Gasteiger partial charge is 0.0990 e. The SMILES string of the molecule is C=C1C2CCC(C)C2(C)CCCC1(C)C. The van der Waals surface area contributed by atoms with Crippen molar-refractivity contribution in [2.24, 2.45) is 22.7 Å². The van der Waals surface area contributed by atoms with Gasteiger partial charge in [-0.05, 0) is 48.3 Å². The van der Waals surface area contributed by atoms with Gasteiger partial charge >= 0.3 is 0 Å². The molecule has 0 spiro atoms. The van der Waals surface area contributed by atoms with E-state index in [1.54, 1.807) is 5.57 Å². The molecule has 0 nitrogen and oxygen atoms in total. The van der Waals surface area contributed by atoms with Crippen LogP contribution in [-0.2, 0) is 0 Å². The molecule has 2 rings (SSSR count). The van der Waals surface area contributed by atoms with Crippen molar-refractivity contribution in [2.45, 2.75) is 59.8 Å². The standard InChI is InChI=1S/C15H26/c1-11-7-8-13-12(2)14(3,4)9-6-10-15(11,13)5/h11,13H,2,6-10H2,1,3-5H3. The summed E-state index contributed by atoms with van der Waals surface area (Å²) in [7, 11) is 0. The van der Waals surface area contributed by atoms with Crippen LogP contribution in [-0.4, -0.2) is 0 Å². The lowest BCUT2D eigenvalue weighted by molar-refractivity contribution is 0.177. The number of hydrogen-bond acceptors (Lipinski definition) is 0. The molecule has 0 bridgehead atoms. The first kappa shape index (κ1) is 11.2. The molecule has 2 saturated carbocycles. The Bertz CT molecular complexity index is 274. The van der Waals surface area contributed by atoms with Crippen LogP contribution in [0.4, 0.5) is 0 Å². The van der Waals surface area contributed by atoms with Crippen LogP contribution in [0.2, 0.25) is 0 Å². The molecule has 2 aliphatic rings. The van der Waals surface area contributed by atoms with Crippen molar-refractivity contribution in [3.05, 3.63) is 12.2 Å². The normalized spacial score (nSPS) is 44.9. The van der Waals surface area contributed by atoms with E-state index in [2.05, 4.69) is 34.3 Å². The number of allylic oxidation sites excluding steroid dienone is 1.